The lowest BCUT2D eigenvalue weighted by atomic mass is 10.3. The van der Waals surface area contributed by atoms with Gasteiger partial charge in [0.05, 0.1) is 11.4 Å². The molecule has 98 valence electrons. The maximum absolute atomic E-state index is 4.45. The molecule has 0 bridgehead atoms. The molecule has 0 atom stereocenters. The Morgan fingerprint density at radius 2 is 2.17 bits per heavy atom. The van der Waals surface area contributed by atoms with Gasteiger partial charge >= 0.3 is 0 Å². The molecule has 2 rings (SSSR count). The minimum Gasteiger partial charge on any atom is -0.311 e. The number of aryl methyl sites for hydroxylation is 4. The average molecular weight is 247 g/mol. The maximum Gasteiger partial charge on any atom is 0.0596 e. The summed E-state index contributed by atoms with van der Waals surface area (Å²) >= 11 is 0. The highest BCUT2D eigenvalue weighted by molar-refractivity contribution is 5.06. The molecule has 2 heterocycles. The van der Waals surface area contributed by atoms with Crippen molar-refractivity contribution < 1.29 is 0 Å². The van der Waals surface area contributed by atoms with Gasteiger partial charge in [-0.15, -0.1) is 0 Å². The van der Waals surface area contributed by atoms with Crippen LogP contribution in [0.25, 0.3) is 0 Å². The summed E-state index contributed by atoms with van der Waals surface area (Å²) in [4.78, 5) is 0. The predicted octanol–water partition coefficient (Wildman–Crippen LogP) is 1.41. The van der Waals surface area contributed by atoms with Crippen molar-refractivity contribution >= 4 is 0 Å². The third-order valence-corrected chi connectivity index (χ3v) is 3.06. The fourth-order valence-electron chi connectivity index (χ4n) is 2.05. The number of hydrogen-bond acceptors (Lipinski definition) is 3. The van der Waals surface area contributed by atoms with Crippen LogP contribution in [0.5, 0.6) is 0 Å². The Kier molecular flexibility index (Phi) is 4.15. The lowest BCUT2D eigenvalue weighted by molar-refractivity contribution is 0.525. The molecule has 0 aromatic carbocycles. The molecule has 0 spiro atoms. The van der Waals surface area contributed by atoms with Crippen LogP contribution in [0, 0.1) is 13.8 Å². The molecule has 0 aliphatic rings. The van der Waals surface area contributed by atoms with Crippen molar-refractivity contribution in [2.45, 2.75) is 33.4 Å². The molecule has 0 unspecified atom stereocenters. The molecular weight excluding hydrogens is 226 g/mol. The van der Waals surface area contributed by atoms with Crippen molar-refractivity contribution in [3.8, 4) is 0 Å². The minimum absolute atomic E-state index is 0.869. The van der Waals surface area contributed by atoms with E-state index in [1.54, 1.807) is 0 Å². The monoisotopic (exact) mass is 247 g/mol. The van der Waals surface area contributed by atoms with Crippen molar-refractivity contribution in [3.63, 3.8) is 0 Å². The highest BCUT2D eigenvalue weighted by Crippen LogP contribution is 2.02. The predicted molar refractivity (Wildman–Crippen MR) is 71.2 cm³/mol. The zero-order chi connectivity index (χ0) is 13.0. The molecular formula is C13H21N5. The molecule has 2 aromatic heterocycles. The first kappa shape index (κ1) is 12.8. The molecule has 0 amide bonds. The van der Waals surface area contributed by atoms with Crippen LogP contribution in [0.4, 0.5) is 0 Å². The molecule has 0 aliphatic heterocycles. The van der Waals surface area contributed by atoms with Gasteiger partial charge in [0.1, 0.15) is 0 Å². The lowest BCUT2D eigenvalue weighted by Gasteiger charge is -2.06. The van der Waals surface area contributed by atoms with E-state index < -0.39 is 0 Å². The van der Waals surface area contributed by atoms with Gasteiger partial charge in [-0.1, -0.05) is 0 Å². The number of nitrogens with zero attached hydrogens (tertiary/aromatic N) is 4. The highest BCUT2D eigenvalue weighted by Gasteiger charge is 2.00. The molecule has 0 saturated heterocycles. The van der Waals surface area contributed by atoms with Gasteiger partial charge in [0, 0.05) is 32.0 Å². The van der Waals surface area contributed by atoms with E-state index in [0.29, 0.717) is 0 Å². The Morgan fingerprint density at radius 1 is 1.33 bits per heavy atom. The average Bonchev–Trinajstić information content (AvgIpc) is 2.86. The van der Waals surface area contributed by atoms with Crippen molar-refractivity contribution in [2.75, 3.05) is 6.54 Å². The van der Waals surface area contributed by atoms with Crippen molar-refractivity contribution in [3.05, 3.63) is 35.4 Å². The fraction of sp³-hybridized carbons (Fsp3) is 0.538. The smallest absolute Gasteiger partial charge is 0.0596 e. The molecule has 0 saturated carbocycles. The SMILES string of the molecule is Cc1cc(C)n(CCCNCc2ccnn2C)n1. The van der Waals surface area contributed by atoms with Gasteiger partial charge in [-0.3, -0.25) is 9.36 Å². The number of aromatic nitrogens is 4. The summed E-state index contributed by atoms with van der Waals surface area (Å²) in [6.07, 6.45) is 2.91. The van der Waals surface area contributed by atoms with Crippen molar-refractivity contribution in [1.82, 2.24) is 24.9 Å². The van der Waals surface area contributed by atoms with Gasteiger partial charge in [-0.2, -0.15) is 10.2 Å². The Bertz CT molecular complexity index is 497. The normalized spacial score (nSPS) is 11.1. The van der Waals surface area contributed by atoms with Crippen LogP contribution in [0.2, 0.25) is 0 Å². The lowest BCUT2D eigenvalue weighted by Crippen LogP contribution is -2.18. The van der Waals surface area contributed by atoms with E-state index in [0.717, 1.165) is 31.7 Å². The number of hydrogen-bond donors (Lipinski definition) is 1. The van der Waals surface area contributed by atoms with E-state index >= 15 is 0 Å². The van der Waals surface area contributed by atoms with Crippen LogP contribution < -0.4 is 5.32 Å². The summed E-state index contributed by atoms with van der Waals surface area (Å²) in [7, 11) is 1.97. The molecule has 1 N–H and O–H groups in total. The second-order valence-electron chi connectivity index (χ2n) is 4.63. The third-order valence-electron chi connectivity index (χ3n) is 3.06. The van der Waals surface area contributed by atoms with Gasteiger partial charge in [-0.25, -0.2) is 0 Å². The van der Waals surface area contributed by atoms with Gasteiger partial charge < -0.3 is 5.32 Å². The molecule has 5 heteroatoms. The zero-order valence-corrected chi connectivity index (χ0v) is 11.3. The van der Waals surface area contributed by atoms with Gasteiger partial charge in [0.25, 0.3) is 0 Å². The Labute approximate surface area is 108 Å². The van der Waals surface area contributed by atoms with Crippen LogP contribution in [0.1, 0.15) is 23.5 Å². The number of rotatable bonds is 6. The molecule has 2 aromatic rings. The van der Waals surface area contributed by atoms with E-state index in [9.17, 15) is 0 Å². The van der Waals surface area contributed by atoms with E-state index in [4.69, 9.17) is 0 Å². The third kappa shape index (κ3) is 3.20. The van der Waals surface area contributed by atoms with Crippen LogP contribution >= 0.6 is 0 Å². The van der Waals surface area contributed by atoms with Crippen molar-refractivity contribution in [1.29, 1.82) is 0 Å². The summed E-state index contributed by atoms with van der Waals surface area (Å²) in [5.41, 5.74) is 3.54. The maximum atomic E-state index is 4.45. The van der Waals surface area contributed by atoms with E-state index in [1.165, 1.54) is 11.4 Å². The molecule has 18 heavy (non-hydrogen) atoms. The largest absolute Gasteiger partial charge is 0.311 e. The fourth-order valence-corrected chi connectivity index (χ4v) is 2.05. The zero-order valence-electron chi connectivity index (χ0n) is 11.3. The molecule has 5 nitrogen and oxygen atoms in total. The van der Waals surface area contributed by atoms with Crippen LogP contribution in [-0.2, 0) is 20.1 Å². The molecule has 0 fully saturated rings. The van der Waals surface area contributed by atoms with Crippen LogP contribution in [-0.4, -0.2) is 26.1 Å². The second-order valence-corrected chi connectivity index (χ2v) is 4.63. The minimum atomic E-state index is 0.869. The van der Waals surface area contributed by atoms with Gasteiger partial charge in [-0.05, 0) is 38.9 Å². The quantitative estimate of drug-likeness (QED) is 0.785. The second kappa shape index (κ2) is 5.82. The van der Waals surface area contributed by atoms with Gasteiger partial charge in [0.2, 0.25) is 0 Å². The Balaban J connectivity index is 1.67. The Hall–Kier alpha value is -1.62. The summed E-state index contributed by atoms with van der Waals surface area (Å²) in [5, 5.41) is 12.0. The summed E-state index contributed by atoms with van der Waals surface area (Å²) in [6.45, 7) is 6.96. The molecule has 0 aliphatic carbocycles. The highest BCUT2D eigenvalue weighted by atomic mass is 15.3. The van der Waals surface area contributed by atoms with E-state index in [1.807, 2.05) is 30.9 Å². The van der Waals surface area contributed by atoms with Crippen LogP contribution in [0.3, 0.4) is 0 Å². The standard InChI is InChI=1S/C13H21N5/c1-11-9-12(2)18(16-11)8-4-6-14-10-13-5-7-15-17(13)3/h5,7,9,14H,4,6,8,10H2,1-3H3. The Morgan fingerprint density at radius 3 is 2.78 bits per heavy atom. The first-order chi connectivity index (χ1) is 8.66. The molecule has 0 radical (unpaired) electrons. The van der Waals surface area contributed by atoms with E-state index in [-0.39, 0.29) is 0 Å². The first-order valence-corrected chi connectivity index (χ1v) is 6.35. The number of nitrogens with one attached hydrogen (secondary N) is 1. The van der Waals surface area contributed by atoms with E-state index in [2.05, 4.69) is 33.2 Å². The summed E-state index contributed by atoms with van der Waals surface area (Å²) < 4.78 is 3.97. The van der Waals surface area contributed by atoms with Gasteiger partial charge in [0.15, 0.2) is 0 Å². The van der Waals surface area contributed by atoms with Crippen LogP contribution in [0.15, 0.2) is 18.3 Å². The summed E-state index contributed by atoms with van der Waals surface area (Å²) in [6, 6.07) is 4.15. The first-order valence-electron chi connectivity index (χ1n) is 6.35. The van der Waals surface area contributed by atoms with Crippen molar-refractivity contribution in [2.24, 2.45) is 7.05 Å². The summed E-state index contributed by atoms with van der Waals surface area (Å²) in [5.74, 6) is 0. The topological polar surface area (TPSA) is 47.7 Å².